The molecule has 0 bridgehead atoms. The molecule has 2 unspecified atom stereocenters. The lowest BCUT2D eigenvalue weighted by Gasteiger charge is -2.41. The van der Waals surface area contributed by atoms with Gasteiger partial charge in [-0.2, -0.15) is 5.26 Å². The molecule has 1 saturated heterocycles. The van der Waals surface area contributed by atoms with E-state index in [1.165, 1.54) is 38.2 Å². The van der Waals surface area contributed by atoms with Crippen molar-refractivity contribution in [2.24, 2.45) is 11.8 Å². The first kappa shape index (κ1) is 13.6. The summed E-state index contributed by atoms with van der Waals surface area (Å²) in [7, 11) is 0. The van der Waals surface area contributed by atoms with E-state index in [9.17, 15) is 4.39 Å². The van der Waals surface area contributed by atoms with Gasteiger partial charge >= 0.3 is 0 Å². The molecule has 2 atom stereocenters. The molecule has 0 spiro atoms. The van der Waals surface area contributed by atoms with Crippen molar-refractivity contribution in [2.45, 2.75) is 38.6 Å². The average molecular weight is 272 g/mol. The van der Waals surface area contributed by atoms with Crippen LogP contribution in [0.15, 0.2) is 18.2 Å². The fourth-order valence-corrected chi connectivity index (χ4v) is 3.88. The van der Waals surface area contributed by atoms with Gasteiger partial charge in [0.15, 0.2) is 0 Å². The van der Waals surface area contributed by atoms with Crippen molar-refractivity contribution in [2.75, 3.05) is 13.1 Å². The lowest BCUT2D eigenvalue weighted by atomic mass is 9.75. The molecule has 3 rings (SSSR count). The summed E-state index contributed by atoms with van der Waals surface area (Å²) in [4.78, 5) is 2.43. The number of likely N-dealkylation sites (tertiary alicyclic amines) is 1. The van der Waals surface area contributed by atoms with Gasteiger partial charge in [0, 0.05) is 13.1 Å². The molecule has 1 aliphatic carbocycles. The van der Waals surface area contributed by atoms with E-state index in [1.807, 2.05) is 12.1 Å². The molecule has 0 amide bonds. The van der Waals surface area contributed by atoms with E-state index in [1.54, 1.807) is 6.07 Å². The van der Waals surface area contributed by atoms with E-state index in [2.05, 4.69) is 4.90 Å². The predicted octanol–water partition coefficient (Wildman–Crippen LogP) is 3.71. The normalized spacial score (nSPS) is 26.8. The lowest BCUT2D eigenvalue weighted by Crippen LogP contribution is -2.41. The molecule has 1 aromatic carbocycles. The Kier molecular flexibility index (Phi) is 4.03. The highest BCUT2D eigenvalue weighted by Gasteiger charge is 2.30. The Morgan fingerprint density at radius 2 is 1.95 bits per heavy atom. The Hall–Kier alpha value is -1.40. The fraction of sp³-hybridized carbons (Fsp3) is 0.588. The quantitative estimate of drug-likeness (QED) is 0.820. The van der Waals surface area contributed by atoms with Crippen LogP contribution in [0, 0.1) is 29.0 Å². The molecule has 0 N–H and O–H groups in total. The highest BCUT2D eigenvalue weighted by Crippen LogP contribution is 2.36. The van der Waals surface area contributed by atoms with E-state index >= 15 is 0 Å². The fourth-order valence-electron chi connectivity index (χ4n) is 3.88. The summed E-state index contributed by atoms with van der Waals surface area (Å²) in [5.74, 6) is 1.45. The van der Waals surface area contributed by atoms with Gasteiger partial charge in [-0.25, -0.2) is 4.39 Å². The van der Waals surface area contributed by atoms with Crippen LogP contribution in [0.4, 0.5) is 4.39 Å². The van der Waals surface area contributed by atoms with Gasteiger partial charge in [0.1, 0.15) is 5.82 Å². The van der Waals surface area contributed by atoms with Gasteiger partial charge in [-0.3, -0.25) is 4.90 Å². The van der Waals surface area contributed by atoms with E-state index in [4.69, 9.17) is 5.26 Å². The van der Waals surface area contributed by atoms with Crippen molar-refractivity contribution in [3.63, 3.8) is 0 Å². The number of rotatable bonds is 2. The van der Waals surface area contributed by atoms with Crippen LogP contribution in [-0.2, 0) is 6.54 Å². The molecule has 20 heavy (non-hydrogen) atoms. The molecule has 1 aromatic rings. The molecule has 0 aromatic heterocycles. The summed E-state index contributed by atoms with van der Waals surface area (Å²) < 4.78 is 13.5. The molecule has 1 saturated carbocycles. The molecule has 2 aliphatic rings. The van der Waals surface area contributed by atoms with Gasteiger partial charge in [-0.05, 0) is 55.0 Å². The first-order chi connectivity index (χ1) is 9.74. The summed E-state index contributed by atoms with van der Waals surface area (Å²) in [5, 5.41) is 8.92. The van der Waals surface area contributed by atoms with Gasteiger partial charge in [0.25, 0.3) is 0 Å². The van der Waals surface area contributed by atoms with Crippen LogP contribution in [-0.4, -0.2) is 18.0 Å². The number of benzene rings is 1. The SMILES string of the molecule is N#Cc1cc(F)cc(CN2CCC3CCCCC3C2)c1. The Morgan fingerprint density at radius 3 is 2.75 bits per heavy atom. The zero-order valence-corrected chi connectivity index (χ0v) is 11.8. The van der Waals surface area contributed by atoms with Gasteiger partial charge in [-0.1, -0.05) is 19.3 Å². The van der Waals surface area contributed by atoms with Crippen molar-refractivity contribution in [1.82, 2.24) is 4.90 Å². The molecule has 0 radical (unpaired) electrons. The van der Waals surface area contributed by atoms with Crippen LogP contribution in [0.25, 0.3) is 0 Å². The first-order valence-electron chi connectivity index (χ1n) is 7.66. The van der Waals surface area contributed by atoms with Crippen molar-refractivity contribution in [3.8, 4) is 6.07 Å². The molecule has 2 fully saturated rings. The van der Waals surface area contributed by atoms with Crippen molar-refractivity contribution >= 4 is 0 Å². The largest absolute Gasteiger partial charge is 0.299 e. The van der Waals surface area contributed by atoms with Crippen LogP contribution < -0.4 is 0 Å². The second-order valence-corrected chi connectivity index (χ2v) is 6.29. The zero-order chi connectivity index (χ0) is 13.9. The second kappa shape index (κ2) is 5.93. The van der Waals surface area contributed by atoms with Gasteiger partial charge in [0.2, 0.25) is 0 Å². The van der Waals surface area contributed by atoms with Crippen molar-refractivity contribution in [1.29, 1.82) is 5.26 Å². The summed E-state index contributed by atoms with van der Waals surface area (Å²) in [6, 6.07) is 6.71. The van der Waals surface area contributed by atoms with Crippen molar-refractivity contribution in [3.05, 3.63) is 35.1 Å². The lowest BCUT2D eigenvalue weighted by molar-refractivity contribution is 0.0820. The number of nitrogens with zero attached hydrogens (tertiary/aromatic N) is 2. The van der Waals surface area contributed by atoms with Crippen LogP contribution in [0.5, 0.6) is 0 Å². The Labute approximate surface area is 120 Å². The Bertz CT molecular complexity index is 520. The molecular weight excluding hydrogens is 251 g/mol. The van der Waals surface area contributed by atoms with Crippen LogP contribution in [0.1, 0.15) is 43.2 Å². The number of fused-ring (bicyclic) bond motifs is 1. The number of halogens is 1. The summed E-state index contributed by atoms with van der Waals surface area (Å²) in [6.07, 6.45) is 6.81. The van der Waals surface area contributed by atoms with Crippen molar-refractivity contribution < 1.29 is 4.39 Å². The topological polar surface area (TPSA) is 27.0 Å². The number of hydrogen-bond donors (Lipinski definition) is 0. The third kappa shape index (κ3) is 3.02. The minimum Gasteiger partial charge on any atom is -0.299 e. The second-order valence-electron chi connectivity index (χ2n) is 6.29. The third-order valence-electron chi connectivity index (χ3n) is 4.87. The molecule has 1 aliphatic heterocycles. The summed E-state index contributed by atoms with van der Waals surface area (Å²) >= 11 is 0. The van der Waals surface area contributed by atoms with E-state index < -0.39 is 0 Å². The highest BCUT2D eigenvalue weighted by atomic mass is 19.1. The molecule has 106 valence electrons. The average Bonchev–Trinajstić information content (AvgIpc) is 2.46. The highest BCUT2D eigenvalue weighted by molar-refractivity contribution is 5.33. The van der Waals surface area contributed by atoms with Gasteiger partial charge in [0.05, 0.1) is 11.6 Å². The minimum atomic E-state index is -0.299. The maximum Gasteiger partial charge on any atom is 0.124 e. The monoisotopic (exact) mass is 272 g/mol. The third-order valence-corrected chi connectivity index (χ3v) is 4.87. The van der Waals surface area contributed by atoms with E-state index in [0.717, 1.165) is 37.0 Å². The number of nitriles is 1. The minimum absolute atomic E-state index is 0.299. The number of hydrogen-bond acceptors (Lipinski definition) is 2. The maximum atomic E-state index is 13.5. The molecular formula is C17H21FN2. The standard InChI is InChI=1S/C17H21FN2/c18-17-8-13(10-19)7-14(9-17)11-20-6-5-15-3-1-2-4-16(15)12-20/h7-9,15-16H,1-6,11-12H2. The summed E-state index contributed by atoms with van der Waals surface area (Å²) in [5.41, 5.74) is 1.35. The smallest absolute Gasteiger partial charge is 0.124 e. The molecule has 3 heteroatoms. The predicted molar refractivity (Wildman–Crippen MR) is 76.5 cm³/mol. The summed E-state index contributed by atoms with van der Waals surface area (Å²) in [6.45, 7) is 3.03. The molecule has 1 heterocycles. The maximum absolute atomic E-state index is 13.5. The first-order valence-corrected chi connectivity index (χ1v) is 7.66. The van der Waals surface area contributed by atoms with Crippen LogP contribution in [0.2, 0.25) is 0 Å². The molecule has 2 nitrogen and oxygen atoms in total. The number of piperidine rings is 1. The van der Waals surface area contributed by atoms with E-state index in [-0.39, 0.29) is 5.82 Å². The Morgan fingerprint density at radius 1 is 1.15 bits per heavy atom. The zero-order valence-electron chi connectivity index (χ0n) is 11.8. The van der Waals surface area contributed by atoms with Gasteiger partial charge < -0.3 is 0 Å². The van der Waals surface area contributed by atoms with Crippen LogP contribution >= 0.6 is 0 Å². The van der Waals surface area contributed by atoms with Gasteiger partial charge in [-0.15, -0.1) is 0 Å². The van der Waals surface area contributed by atoms with E-state index in [0.29, 0.717) is 5.56 Å². The Balaban J connectivity index is 1.66. The van der Waals surface area contributed by atoms with Crippen LogP contribution in [0.3, 0.4) is 0 Å².